The summed E-state index contributed by atoms with van der Waals surface area (Å²) in [7, 11) is 0. The molecule has 0 saturated carbocycles. The number of carbonyl (C=O) groups is 1. The Kier molecular flexibility index (Phi) is 6.49. The van der Waals surface area contributed by atoms with E-state index in [1.165, 1.54) is 0 Å². The molecule has 2 unspecified atom stereocenters. The van der Waals surface area contributed by atoms with Crippen molar-refractivity contribution < 1.29 is 15.0 Å². The van der Waals surface area contributed by atoms with Crippen LogP contribution in [0.4, 0.5) is 0 Å². The maximum absolute atomic E-state index is 12.0. The van der Waals surface area contributed by atoms with Gasteiger partial charge in [-0.3, -0.25) is 4.79 Å². The third-order valence-corrected chi connectivity index (χ3v) is 3.93. The fourth-order valence-electron chi connectivity index (χ4n) is 2.00. The molecule has 0 spiro atoms. The number of hydrogen-bond acceptors (Lipinski definition) is 3. The highest BCUT2D eigenvalue weighted by atomic mass is 79.9. The molecule has 0 aromatic heterocycles. The first-order valence-electron chi connectivity index (χ1n) is 6.80. The van der Waals surface area contributed by atoms with Crippen molar-refractivity contribution in [3.8, 4) is 5.75 Å². The predicted octanol–water partition coefficient (Wildman–Crippen LogP) is 2.61. The first kappa shape index (κ1) is 17.0. The summed E-state index contributed by atoms with van der Waals surface area (Å²) in [5, 5.41) is 22.5. The van der Waals surface area contributed by atoms with Crippen LogP contribution < -0.4 is 5.32 Å². The highest BCUT2D eigenvalue weighted by Gasteiger charge is 2.22. The maximum atomic E-state index is 12.0. The quantitative estimate of drug-likeness (QED) is 0.743. The lowest BCUT2D eigenvalue weighted by Crippen LogP contribution is -2.45. The van der Waals surface area contributed by atoms with Gasteiger partial charge in [0.1, 0.15) is 5.75 Å². The SMILES string of the molecule is CCC(NC(=O)Cc1ccc(Br)c(O)c1)C(O)C(C)C. The van der Waals surface area contributed by atoms with Gasteiger partial charge in [0.15, 0.2) is 0 Å². The second-order valence-electron chi connectivity index (χ2n) is 5.28. The van der Waals surface area contributed by atoms with E-state index in [4.69, 9.17) is 0 Å². The molecule has 0 aliphatic heterocycles. The predicted molar refractivity (Wildman–Crippen MR) is 82.6 cm³/mol. The molecule has 0 aliphatic carbocycles. The molecule has 1 aromatic rings. The Bertz CT molecular complexity index is 462. The minimum atomic E-state index is -0.553. The van der Waals surface area contributed by atoms with Gasteiger partial charge in [-0.25, -0.2) is 0 Å². The van der Waals surface area contributed by atoms with Gasteiger partial charge in [0.2, 0.25) is 5.91 Å². The Morgan fingerprint density at radius 2 is 2.05 bits per heavy atom. The lowest BCUT2D eigenvalue weighted by molar-refractivity contribution is -0.122. The first-order valence-corrected chi connectivity index (χ1v) is 7.59. The van der Waals surface area contributed by atoms with Crippen LogP contribution in [0.15, 0.2) is 22.7 Å². The molecule has 112 valence electrons. The topological polar surface area (TPSA) is 69.6 Å². The molecule has 0 fully saturated rings. The van der Waals surface area contributed by atoms with E-state index in [1.807, 2.05) is 20.8 Å². The Labute approximate surface area is 128 Å². The lowest BCUT2D eigenvalue weighted by atomic mass is 9.97. The number of aliphatic hydroxyl groups excluding tert-OH is 1. The summed E-state index contributed by atoms with van der Waals surface area (Å²) < 4.78 is 0.600. The highest BCUT2D eigenvalue weighted by Crippen LogP contribution is 2.24. The van der Waals surface area contributed by atoms with Crippen LogP contribution in [-0.2, 0) is 11.2 Å². The number of amides is 1. The van der Waals surface area contributed by atoms with Gasteiger partial charge in [-0.05, 0) is 46.0 Å². The van der Waals surface area contributed by atoms with Gasteiger partial charge in [0.25, 0.3) is 0 Å². The van der Waals surface area contributed by atoms with Crippen LogP contribution in [0.5, 0.6) is 5.75 Å². The zero-order chi connectivity index (χ0) is 15.3. The van der Waals surface area contributed by atoms with Gasteiger partial charge in [-0.15, -0.1) is 0 Å². The van der Waals surface area contributed by atoms with E-state index in [0.29, 0.717) is 10.9 Å². The van der Waals surface area contributed by atoms with Crippen molar-refractivity contribution in [2.75, 3.05) is 0 Å². The van der Waals surface area contributed by atoms with Crippen LogP contribution in [0, 0.1) is 5.92 Å². The maximum Gasteiger partial charge on any atom is 0.224 e. The van der Waals surface area contributed by atoms with E-state index in [2.05, 4.69) is 21.2 Å². The summed E-state index contributed by atoms with van der Waals surface area (Å²) >= 11 is 3.20. The second kappa shape index (κ2) is 7.64. The third-order valence-electron chi connectivity index (χ3n) is 3.26. The van der Waals surface area contributed by atoms with Gasteiger partial charge in [-0.2, -0.15) is 0 Å². The molecule has 1 aromatic carbocycles. The zero-order valence-corrected chi connectivity index (χ0v) is 13.6. The first-order chi connectivity index (χ1) is 9.35. The summed E-state index contributed by atoms with van der Waals surface area (Å²) in [5.74, 6) is 0.0554. The summed E-state index contributed by atoms with van der Waals surface area (Å²) in [6, 6.07) is 4.80. The number of halogens is 1. The van der Waals surface area contributed by atoms with Crippen molar-refractivity contribution in [2.45, 2.75) is 45.8 Å². The molecule has 1 rings (SSSR count). The molecule has 3 N–H and O–H groups in total. The van der Waals surface area contributed by atoms with Crippen LogP contribution in [0.3, 0.4) is 0 Å². The van der Waals surface area contributed by atoms with E-state index in [-0.39, 0.29) is 30.0 Å². The van der Waals surface area contributed by atoms with Crippen LogP contribution in [0.25, 0.3) is 0 Å². The number of carbonyl (C=O) groups excluding carboxylic acids is 1. The summed E-state index contributed by atoms with van der Waals surface area (Å²) in [5.41, 5.74) is 0.733. The van der Waals surface area contributed by atoms with Crippen LogP contribution >= 0.6 is 15.9 Å². The number of aliphatic hydroxyl groups is 1. The molecule has 20 heavy (non-hydrogen) atoms. The van der Waals surface area contributed by atoms with Gasteiger partial charge in [0.05, 0.1) is 23.0 Å². The summed E-state index contributed by atoms with van der Waals surface area (Å²) in [4.78, 5) is 12.0. The number of phenols is 1. The van der Waals surface area contributed by atoms with E-state index in [1.54, 1.807) is 18.2 Å². The third kappa shape index (κ3) is 4.80. The van der Waals surface area contributed by atoms with Crippen molar-refractivity contribution in [3.05, 3.63) is 28.2 Å². The molecular weight excluding hydrogens is 322 g/mol. The van der Waals surface area contributed by atoms with Crippen molar-refractivity contribution in [1.82, 2.24) is 5.32 Å². The molecule has 0 saturated heterocycles. The standard InChI is InChI=1S/C15H22BrNO3/c1-4-12(15(20)9(2)3)17-14(19)8-10-5-6-11(16)13(18)7-10/h5-7,9,12,15,18,20H,4,8H2,1-3H3,(H,17,19). The number of hydrogen-bond donors (Lipinski definition) is 3. The fraction of sp³-hybridized carbons (Fsp3) is 0.533. The average molecular weight is 344 g/mol. The van der Waals surface area contributed by atoms with E-state index >= 15 is 0 Å². The Morgan fingerprint density at radius 1 is 1.40 bits per heavy atom. The minimum Gasteiger partial charge on any atom is -0.507 e. The monoisotopic (exact) mass is 343 g/mol. The number of benzene rings is 1. The Hall–Kier alpha value is -1.07. The molecule has 5 heteroatoms. The van der Waals surface area contributed by atoms with Gasteiger partial charge in [0, 0.05) is 0 Å². The lowest BCUT2D eigenvalue weighted by Gasteiger charge is -2.25. The van der Waals surface area contributed by atoms with Crippen molar-refractivity contribution in [3.63, 3.8) is 0 Å². The second-order valence-corrected chi connectivity index (χ2v) is 6.13. The molecule has 0 aliphatic rings. The minimum absolute atomic E-state index is 0.0944. The zero-order valence-electron chi connectivity index (χ0n) is 12.1. The molecule has 4 nitrogen and oxygen atoms in total. The largest absolute Gasteiger partial charge is 0.507 e. The highest BCUT2D eigenvalue weighted by molar-refractivity contribution is 9.10. The number of rotatable bonds is 6. The van der Waals surface area contributed by atoms with Gasteiger partial charge in [-0.1, -0.05) is 26.8 Å². The number of aromatic hydroxyl groups is 1. The fourth-order valence-corrected chi connectivity index (χ4v) is 2.25. The average Bonchev–Trinajstić information content (AvgIpc) is 2.39. The van der Waals surface area contributed by atoms with Crippen molar-refractivity contribution >= 4 is 21.8 Å². The van der Waals surface area contributed by atoms with Crippen molar-refractivity contribution in [1.29, 1.82) is 0 Å². The number of phenolic OH excluding ortho intramolecular Hbond substituents is 1. The summed E-state index contributed by atoms with van der Waals surface area (Å²) in [6.07, 6.45) is 0.306. The molecule has 0 bridgehead atoms. The van der Waals surface area contributed by atoms with Crippen LogP contribution in [0.1, 0.15) is 32.8 Å². The molecule has 2 atom stereocenters. The van der Waals surface area contributed by atoms with E-state index in [0.717, 1.165) is 5.56 Å². The van der Waals surface area contributed by atoms with Gasteiger partial charge >= 0.3 is 0 Å². The smallest absolute Gasteiger partial charge is 0.224 e. The normalized spacial score (nSPS) is 14.1. The molecule has 0 heterocycles. The molecule has 0 radical (unpaired) electrons. The Morgan fingerprint density at radius 3 is 2.55 bits per heavy atom. The number of nitrogens with one attached hydrogen (secondary N) is 1. The molecule has 1 amide bonds. The van der Waals surface area contributed by atoms with Gasteiger partial charge < -0.3 is 15.5 Å². The van der Waals surface area contributed by atoms with E-state index < -0.39 is 6.10 Å². The van der Waals surface area contributed by atoms with Crippen LogP contribution in [-0.4, -0.2) is 28.3 Å². The summed E-state index contributed by atoms with van der Waals surface area (Å²) in [6.45, 7) is 5.78. The van der Waals surface area contributed by atoms with Crippen molar-refractivity contribution in [2.24, 2.45) is 5.92 Å². The molecular formula is C15H22BrNO3. The van der Waals surface area contributed by atoms with E-state index in [9.17, 15) is 15.0 Å². The Balaban J connectivity index is 2.64. The van der Waals surface area contributed by atoms with Crippen LogP contribution in [0.2, 0.25) is 0 Å².